The average Bonchev–Trinajstić information content (AvgIpc) is 2.53. The van der Waals surface area contributed by atoms with E-state index in [1.54, 1.807) is 24.3 Å². The first kappa shape index (κ1) is 16.0. The van der Waals surface area contributed by atoms with Gasteiger partial charge in [0.15, 0.2) is 0 Å². The summed E-state index contributed by atoms with van der Waals surface area (Å²) in [6.45, 7) is 0.151. The van der Waals surface area contributed by atoms with Gasteiger partial charge in [-0.25, -0.2) is 0 Å². The Balaban J connectivity index is 2.11. The van der Waals surface area contributed by atoms with Gasteiger partial charge in [-0.2, -0.15) is 0 Å². The first-order chi connectivity index (χ1) is 10.9. The zero-order chi connectivity index (χ0) is 17.0. The summed E-state index contributed by atoms with van der Waals surface area (Å²) in [4.78, 5) is 33.3. The maximum atomic E-state index is 12.1. The third-order valence-corrected chi connectivity index (χ3v) is 3.15. The van der Waals surface area contributed by atoms with Crippen molar-refractivity contribution in [2.75, 3.05) is 5.73 Å². The molecular formula is C15H14N4O4. The Morgan fingerprint density at radius 2 is 1.87 bits per heavy atom. The van der Waals surface area contributed by atoms with Gasteiger partial charge in [0.1, 0.15) is 5.69 Å². The minimum atomic E-state index is -0.650. The van der Waals surface area contributed by atoms with E-state index in [0.717, 1.165) is 6.07 Å². The molecule has 2 aromatic rings. The molecule has 0 heterocycles. The van der Waals surface area contributed by atoms with Crippen LogP contribution in [0.25, 0.3) is 0 Å². The highest BCUT2D eigenvalue weighted by Gasteiger charge is 2.15. The largest absolute Gasteiger partial charge is 0.393 e. The molecule has 0 saturated carbocycles. The van der Waals surface area contributed by atoms with Crippen molar-refractivity contribution in [1.82, 2.24) is 5.32 Å². The topological polar surface area (TPSA) is 141 Å². The lowest BCUT2D eigenvalue weighted by molar-refractivity contribution is -0.383. The number of nitrogens with zero attached hydrogens (tertiary/aromatic N) is 1. The normalized spacial score (nSPS) is 10.1. The summed E-state index contributed by atoms with van der Waals surface area (Å²) in [5.74, 6) is -1.05. The molecule has 0 fully saturated rings. The minimum Gasteiger partial charge on any atom is -0.393 e. The molecule has 0 unspecified atom stereocenters. The van der Waals surface area contributed by atoms with Crippen LogP contribution in [-0.2, 0) is 6.54 Å². The number of anilines is 1. The zero-order valence-corrected chi connectivity index (χ0v) is 12.0. The van der Waals surface area contributed by atoms with Crippen molar-refractivity contribution in [2.24, 2.45) is 5.73 Å². The number of carbonyl (C=O) groups excluding carboxylic acids is 2. The monoisotopic (exact) mass is 314 g/mol. The molecule has 0 saturated heterocycles. The Morgan fingerprint density at radius 3 is 2.52 bits per heavy atom. The van der Waals surface area contributed by atoms with E-state index in [1.807, 2.05) is 0 Å². The van der Waals surface area contributed by atoms with Crippen LogP contribution < -0.4 is 16.8 Å². The van der Waals surface area contributed by atoms with Gasteiger partial charge in [0.05, 0.1) is 4.92 Å². The third kappa shape index (κ3) is 3.82. The first-order valence-electron chi connectivity index (χ1n) is 6.59. The number of nitrogen functional groups attached to an aromatic ring is 1. The van der Waals surface area contributed by atoms with Crippen molar-refractivity contribution < 1.29 is 14.5 Å². The average molecular weight is 314 g/mol. The number of nitrogens with two attached hydrogens (primary N) is 2. The lowest BCUT2D eigenvalue weighted by atomic mass is 10.1. The van der Waals surface area contributed by atoms with Gasteiger partial charge in [-0.3, -0.25) is 19.7 Å². The van der Waals surface area contributed by atoms with E-state index in [0.29, 0.717) is 11.1 Å². The Morgan fingerprint density at radius 1 is 1.13 bits per heavy atom. The second-order valence-electron chi connectivity index (χ2n) is 4.78. The van der Waals surface area contributed by atoms with Crippen molar-refractivity contribution in [1.29, 1.82) is 0 Å². The van der Waals surface area contributed by atoms with Crippen LogP contribution in [0.2, 0.25) is 0 Å². The molecule has 2 amide bonds. The van der Waals surface area contributed by atoms with Gasteiger partial charge >= 0.3 is 0 Å². The second-order valence-corrected chi connectivity index (χ2v) is 4.78. The van der Waals surface area contributed by atoms with E-state index in [2.05, 4.69) is 5.32 Å². The summed E-state index contributed by atoms with van der Waals surface area (Å²) in [5.41, 5.74) is 11.5. The quantitative estimate of drug-likeness (QED) is 0.432. The lowest BCUT2D eigenvalue weighted by Crippen LogP contribution is -2.23. The van der Waals surface area contributed by atoms with Gasteiger partial charge in [-0.1, -0.05) is 12.1 Å². The van der Waals surface area contributed by atoms with Crippen molar-refractivity contribution in [3.05, 3.63) is 69.3 Å². The van der Waals surface area contributed by atoms with E-state index < -0.39 is 16.7 Å². The number of hydrogen-bond acceptors (Lipinski definition) is 5. The summed E-state index contributed by atoms with van der Waals surface area (Å²) < 4.78 is 0. The number of nitro groups is 1. The van der Waals surface area contributed by atoms with Crippen molar-refractivity contribution in [3.63, 3.8) is 0 Å². The fourth-order valence-electron chi connectivity index (χ4n) is 1.96. The standard InChI is InChI=1S/C15H14N4O4/c16-12-5-4-11(7-13(12)19(22)23)15(21)18-8-9-2-1-3-10(6-9)14(17)20/h1-7H,8,16H2,(H2,17,20)(H,18,21). The minimum absolute atomic E-state index is 0.0132. The third-order valence-electron chi connectivity index (χ3n) is 3.15. The van der Waals surface area contributed by atoms with Crippen LogP contribution in [0.4, 0.5) is 11.4 Å². The molecule has 5 N–H and O–H groups in total. The molecule has 2 rings (SSSR count). The van der Waals surface area contributed by atoms with Crippen LogP contribution in [0, 0.1) is 10.1 Å². The summed E-state index contributed by atoms with van der Waals surface area (Å²) >= 11 is 0. The molecule has 0 aliphatic rings. The lowest BCUT2D eigenvalue weighted by Gasteiger charge is -2.07. The number of amides is 2. The smallest absolute Gasteiger partial charge is 0.292 e. The maximum absolute atomic E-state index is 12.1. The van der Waals surface area contributed by atoms with Crippen LogP contribution in [0.3, 0.4) is 0 Å². The van der Waals surface area contributed by atoms with Crippen molar-refractivity contribution >= 4 is 23.2 Å². The predicted octanol–water partition coefficient (Wildman–Crippen LogP) is 1.21. The number of primary amides is 1. The molecule has 0 spiro atoms. The zero-order valence-electron chi connectivity index (χ0n) is 12.0. The van der Waals surface area contributed by atoms with Crippen LogP contribution in [0.5, 0.6) is 0 Å². The Hall–Kier alpha value is -3.42. The van der Waals surface area contributed by atoms with Crippen LogP contribution in [0.1, 0.15) is 26.3 Å². The molecule has 8 nitrogen and oxygen atoms in total. The molecule has 0 aliphatic carbocycles. The summed E-state index contributed by atoms with van der Waals surface area (Å²) in [5, 5.41) is 13.4. The number of nitro benzene ring substituents is 1. The van der Waals surface area contributed by atoms with Crippen LogP contribution in [0.15, 0.2) is 42.5 Å². The molecule has 118 valence electrons. The maximum Gasteiger partial charge on any atom is 0.292 e. The van der Waals surface area contributed by atoms with Crippen LogP contribution >= 0.6 is 0 Å². The van der Waals surface area contributed by atoms with Gasteiger partial charge in [0, 0.05) is 23.7 Å². The number of hydrogen-bond donors (Lipinski definition) is 3. The van der Waals surface area contributed by atoms with Gasteiger partial charge in [-0.05, 0) is 29.8 Å². The van der Waals surface area contributed by atoms with E-state index in [1.165, 1.54) is 12.1 Å². The number of benzene rings is 2. The first-order valence-corrected chi connectivity index (χ1v) is 6.59. The molecule has 0 atom stereocenters. The number of rotatable bonds is 5. The number of carbonyl (C=O) groups is 2. The van der Waals surface area contributed by atoms with Crippen LogP contribution in [-0.4, -0.2) is 16.7 Å². The molecule has 2 aromatic carbocycles. The summed E-state index contributed by atoms with van der Waals surface area (Å²) in [6.07, 6.45) is 0. The van der Waals surface area contributed by atoms with E-state index in [4.69, 9.17) is 11.5 Å². The van der Waals surface area contributed by atoms with E-state index in [-0.39, 0.29) is 23.5 Å². The van der Waals surface area contributed by atoms with Crippen molar-refractivity contribution in [2.45, 2.75) is 6.54 Å². The highest BCUT2D eigenvalue weighted by Crippen LogP contribution is 2.22. The summed E-state index contributed by atoms with van der Waals surface area (Å²) in [6, 6.07) is 10.3. The highest BCUT2D eigenvalue weighted by molar-refractivity contribution is 5.95. The molecule has 8 heteroatoms. The van der Waals surface area contributed by atoms with Gasteiger partial charge in [0.2, 0.25) is 5.91 Å². The SMILES string of the molecule is NC(=O)c1cccc(CNC(=O)c2ccc(N)c([N+](=O)[O-])c2)c1. The Bertz CT molecular complexity index is 789. The van der Waals surface area contributed by atoms with E-state index in [9.17, 15) is 19.7 Å². The second kappa shape index (κ2) is 6.56. The van der Waals surface area contributed by atoms with Gasteiger partial charge in [0.25, 0.3) is 11.6 Å². The fraction of sp³-hybridized carbons (Fsp3) is 0.0667. The number of nitrogens with one attached hydrogen (secondary N) is 1. The molecule has 23 heavy (non-hydrogen) atoms. The predicted molar refractivity (Wildman–Crippen MR) is 83.6 cm³/mol. The Labute approximate surface area is 131 Å². The van der Waals surface area contributed by atoms with Gasteiger partial charge in [-0.15, -0.1) is 0 Å². The molecule has 0 radical (unpaired) electrons. The molecular weight excluding hydrogens is 300 g/mol. The highest BCUT2D eigenvalue weighted by atomic mass is 16.6. The fourth-order valence-corrected chi connectivity index (χ4v) is 1.96. The van der Waals surface area contributed by atoms with E-state index >= 15 is 0 Å². The molecule has 0 aromatic heterocycles. The molecule has 0 bridgehead atoms. The Kier molecular flexibility index (Phi) is 4.55. The molecule has 0 aliphatic heterocycles. The summed E-state index contributed by atoms with van der Waals surface area (Å²) in [7, 11) is 0. The van der Waals surface area contributed by atoms with Crippen molar-refractivity contribution in [3.8, 4) is 0 Å². The van der Waals surface area contributed by atoms with Gasteiger partial charge < -0.3 is 16.8 Å².